The number of β-lactam (4-membered cyclic amide) rings is 1. The fraction of sp³-hybridized carbons (Fsp3) is 0.130. The summed E-state index contributed by atoms with van der Waals surface area (Å²) in [6, 6.07) is 58.4. The van der Waals surface area contributed by atoms with Crippen molar-refractivity contribution in [2.75, 3.05) is 17.7 Å². The fourth-order valence-electron chi connectivity index (χ4n) is 8.96. The van der Waals surface area contributed by atoms with Gasteiger partial charge in [-0.15, -0.1) is 10.2 Å². The number of carbonyl (C=O) groups is 3. The summed E-state index contributed by atoms with van der Waals surface area (Å²) in [6.45, 7) is 0. The molecule has 2 aromatic heterocycles. The van der Waals surface area contributed by atoms with E-state index in [1.165, 1.54) is 28.0 Å². The molecule has 0 spiro atoms. The molecule has 2 aliphatic heterocycles. The minimum Gasteiger partial charge on any atom is -0.374 e. The largest absolute Gasteiger partial charge is 0.380 e. The van der Waals surface area contributed by atoms with Gasteiger partial charge in [0.25, 0.3) is 0 Å². The van der Waals surface area contributed by atoms with Crippen LogP contribution in [0, 0.1) is 0 Å². The zero-order chi connectivity index (χ0) is 48.8. The molecule has 0 bridgehead atoms. The SMILES string of the molecule is CNc1nnc(SC2=C(C(=O)ONC(=O)C(=NOC(c3ccccc3)(c3ccccc3)c3ccccc3)c3nc(NC(c4ccccc4)(c4ccccc4)c4ccccc4)sc3Cl)N3C(=O)CC3CC2)s1. The molecule has 0 saturated carbocycles. The predicted octanol–water partition coefficient (Wildman–Crippen LogP) is 10.8. The molecule has 2 aliphatic rings. The van der Waals surface area contributed by atoms with Gasteiger partial charge in [0.2, 0.25) is 16.6 Å². The molecule has 10 rings (SSSR count). The van der Waals surface area contributed by atoms with Crippen LogP contribution in [0.15, 0.2) is 202 Å². The zero-order valence-electron chi connectivity index (χ0n) is 37.9. The van der Waals surface area contributed by atoms with Crippen molar-refractivity contribution >= 4 is 79.8 Å². The first-order valence-electron chi connectivity index (χ1n) is 22.6. The van der Waals surface area contributed by atoms with Crippen LogP contribution in [0.5, 0.6) is 0 Å². The summed E-state index contributed by atoms with van der Waals surface area (Å²) in [5, 5.41) is 20.7. The Labute approximate surface area is 426 Å². The van der Waals surface area contributed by atoms with Crippen LogP contribution in [-0.4, -0.2) is 56.7 Å². The van der Waals surface area contributed by atoms with Gasteiger partial charge in [0.05, 0.1) is 0 Å². The molecule has 0 radical (unpaired) electrons. The molecule has 17 heteroatoms. The summed E-state index contributed by atoms with van der Waals surface area (Å²) in [7, 11) is 1.74. The van der Waals surface area contributed by atoms with E-state index >= 15 is 0 Å². The lowest BCUT2D eigenvalue weighted by Crippen LogP contribution is -2.55. The minimum atomic E-state index is -1.43. The van der Waals surface area contributed by atoms with Crippen LogP contribution in [0.1, 0.15) is 58.3 Å². The van der Waals surface area contributed by atoms with E-state index in [1.54, 1.807) is 7.05 Å². The van der Waals surface area contributed by atoms with E-state index in [4.69, 9.17) is 31.4 Å². The Kier molecular flexibility index (Phi) is 13.8. The Morgan fingerprint density at radius 3 is 1.66 bits per heavy atom. The first-order chi connectivity index (χ1) is 34.8. The lowest BCUT2D eigenvalue weighted by molar-refractivity contribution is -0.159. The summed E-state index contributed by atoms with van der Waals surface area (Å²) >= 11 is 10.9. The van der Waals surface area contributed by atoms with E-state index in [-0.39, 0.29) is 27.7 Å². The number of oxime groups is 1. The highest BCUT2D eigenvalue weighted by atomic mass is 35.5. The van der Waals surface area contributed by atoms with Crippen molar-refractivity contribution in [1.29, 1.82) is 0 Å². The van der Waals surface area contributed by atoms with Gasteiger partial charge in [-0.2, -0.15) is 5.48 Å². The second kappa shape index (κ2) is 20.8. The van der Waals surface area contributed by atoms with Crippen LogP contribution in [0.3, 0.4) is 0 Å². The number of benzene rings is 6. The van der Waals surface area contributed by atoms with Gasteiger partial charge in [-0.1, -0.05) is 233 Å². The highest BCUT2D eigenvalue weighted by Gasteiger charge is 2.46. The van der Waals surface area contributed by atoms with Crippen LogP contribution in [0.2, 0.25) is 4.34 Å². The summed E-state index contributed by atoms with van der Waals surface area (Å²) in [4.78, 5) is 61.9. The number of amides is 2. The van der Waals surface area contributed by atoms with Crippen LogP contribution in [0.4, 0.5) is 10.3 Å². The fourth-order valence-corrected chi connectivity index (χ4v) is 12.0. The second-order valence-electron chi connectivity index (χ2n) is 16.4. The van der Waals surface area contributed by atoms with E-state index < -0.39 is 28.7 Å². The Hall–Kier alpha value is -7.63. The molecule has 3 N–H and O–H groups in total. The quantitative estimate of drug-likeness (QED) is 0.0366. The number of nitrogens with one attached hydrogen (secondary N) is 3. The van der Waals surface area contributed by atoms with Crippen LogP contribution >= 0.6 is 46.0 Å². The number of anilines is 2. The van der Waals surface area contributed by atoms with Crippen LogP contribution < -0.4 is 16.1 Å². The summed E-state index contributed by atoms with van der Waals surface area (Å²) < 4.78 is 0.652. The van der Waals surface area contributed by atoms with Gasteiger partial charge in [0, 0.05) is 41.1 Å². The third kappa shape index (κ3) is 9.30. The monoisotopic (exact) mass is 1010 g/mol. The van der Waals surface area contributed by atoms with Crippen molar-refractivity contribution < 1.29 is 24.1 Å². The van der Waals surface area contributed by atoms with E-state index in [1.807, 2.05) is 182 Å². The molecule has 1 fully saturated rings. The predicted molar refractivity (Wildman–Crippen MR) is 278 cm³/mol. The molecular formula is C54H43ClN8O5S3. The third-order valence-electron chi connectivity index (χ3n) is 12.3. The number of thiazole rings is 1. The van der Waals surface area contributed by atoms with Gasteiger partial charge in [-0.25, -0.2) is 9.78 Å². The number of nitrogens with zero attached hydrogens (tertiary/aromatic N) is 5. The Morgan fingerprint density at radius 1 is 0.704 bits per heavy atom. The Balaban J connectivity index is 1.08. The number of allylic oxidation sites excluding steroid dienone is 1. The van der Waals surface area contributed by atoms with Gasteiger partial charge < -0.3 is 25.2 Å². The Bertz CT molecular complexity index is 3040. The lowest BCUT2D eigenvalue weighted by Gasteiger charge is -2.44. The smallest absolute Gasteiger partial charge is 0.374 e. The van der Waals surface area contributed by atoms with Gasteiger partial charge >= 0.3 is 11.9 Å². The number of hydrogen-bond donors (Lipinski definition) is 3. The standard InChI is InChI=1S/C54H43ClN8O5S3/c1-56-50-59-60-52(71-50)69-42-33-32-41-34-43(64)63(41)46(42)49(66)67-62-48(65)45(61-68-54(38-26-14-5-15-27-38,39-28-16-6-17-29-39)40-30-18-7-19-31-40)44-47(55)70-51(57-44)58-53(35-20-8-2-9-21-35,36-22-10-3-11-23-36)37-24-12-4-13-25-37/h2-31,41H,32-34H2,1H3,(H,56,59)(H,57,58)(H,62,65). The molecule has 354 valence electrons. The highest BCUT2D eigenvalue weighted by molar-refractivity contribution is 8.04. The number of thioether (sulfide) groups is 1. The average Bonchev–Trinajstić information content (AvgIpc) is 4.04. The summed E-state index contributed by atoms with van der Waals surface area (Å²) in [5.74, 6) is -2.18. The van der Waals surface area contributed by atoms with Gasteiger partial charge in [0.1, 0.15) is 21.3 Å². The number of fused-ring (bicyclic) bond motifs is 1. The number of hydroxylamine groups is 1. The van der Waals surface area contributed by atoms with Crippen molar-refractivity contribution in [1.82, 2.24) is 25.6 Å². The van der Waals surface area contributed by atoms with Crippen molar-refractivity contribution in [3.63, 3.8) is 0 Å². The topological polar surface area (TPSA) is 160 Å². The van der Waals surface area contributed by atoms with Crippen molar-refractivity contribution in [2.45, 2.75) is 40.8 Å². The summed E-state index contributed by atoms with van der Waals surface area (Å²) in [5.41, 5.74) is 4.33. The first-order valence-corrected chi connectivity index (χ1v) is 25.4. The normalized spacial score (nSPS) is 14.8. The maximum atomic E-state index is 15.0. The van der Waals surface area contributed by atoms with Gasteiger partial charge in [-0.05, 0) is 29.5 Å². The van der Waals surface area contributed by atoms with Gasteiger partial charge in [-0.3, -0.25) is 9.59 Å². The molecule has 1 atom stereocenters. The lowest BCUT2D eigenvalue weighted by atomic mass is 9.77. The zero-order valence-corrected chi connectivity index (χ0v) is 41.1. The summed E-state index contributed by atoms with van der Waals surface area (Å²) in [6.07, 6.45) is 1.42. The molecule has 0 aliphatic carbocycles. The van der Waals surface area contributed by atoms with E-state index in [2.05, 4.69) is 26.3 Å². The number of halogens is 1. The van der Waals surface area contributed by atoms with Crippen molar-refractivity contribution in [3.8, 4) is 0 Å². The van der Waals surface area contributed by atoms with E-state index in [0.717, 1.165) is 28.0 Å². The number of rotatable bonds is 16. The molecule has 1 unspecified atom stereocenters. The van der Waals surface area contributed by atoms with Gasteiger partial charge in [0.15, 0.2) is 15.2 Å². The number of hydrogen-bond acceptors (Lipinski definition) is 14. The molecule has 2 amide bonds. The first kappa shape index (κ1) is 47.1. The maximum absolute atomic E-state index is 15.0. The molecular weight excluding hydrogens is 972 g/mol. The number of aromatic nitrogens is 3. The Morgan fingerprint density at radius 2 is 1.20 bits per heavy atom. The molecule has 71 heavy (non-hydrogen) atoms. The maximum Gasteiger partial charge on any atom is 0.380 e. The molecule has 4 heterocycles. The second-order valence-corrected chi connectivity index (χ2v) is 20.3. The van der Waals surface area contributed by atoms with E-state index in [9.17, 15) is 14.4 Å². The van der Waals surface area contributed by atoms with Crippen LogP contribution in [-0.2, 0) is 35.2 Å². The molecule has 13 nitrogen and oxygen atoms in total. The molecule has 6 aromatic carbocycles. The molecule has 1 saturated heterocycles. The highest BCUT2D eigenvalue weighted by Crippen LogP contribution is 2.46. The van der Waals surface area contributed by atoms with Crippen LogP contribution in [0.25, 0.3) is 0 Å². The third-order valence-corrected chi connectivity index (χ3v) is 15.6. The average molecular weight is 1020 g/mol. The van der Waals surface area contributed by atoms with Crippen molar-refractivity contribution in [3.05, 3.63) is 236 Å². The van der Waals surface area contributed by atoms with E-state index in [0.29, 0.717) is 55.5 Å². The minimum absolute atomic E-state index is 0.0206. The number of carbonyl (C=O) groups excluding carboxylic acids is 3. The molecule has 8 aromatic rings. The van der Waals surface area contributed by atoms with Crippen molar-refractivity contribution in [2.24, 2.45) is 5.16 Å².